The summed E-state index contributed by atoms with van der Waals surface area (Å²) in [4.78, 5) is 0.772. The Morgan fingerprint density at radius 2 is 1.95 bits per heavy atom. The first kappa shape index (κ1) is 16.9. The second-order valence-corrected chi connectivity index (χ2v) is 9.30. The summed E-state index contributed by atoms with van der Waals surface area (Å²) in [5.74, 6) is 0. The van der Waals surface area contributed by atoms with Crippen molar-refractivity contribution in [2.75, 3.05) is 7.05 Å². The van der Waals surface area contributed by atoms with Gasteiger partial charge in [-0.15, -0.1) is 11.3 Å². The maximum Gasteiger partial charge on any atom is 0.245 e. The number of rotatable bonds is 5. The van der Waals surface area contributed by atoms with Crippen LogP contribution in [0.15, 0.2) is 39.0 Å². The number of hydrogen-bond donors (Lipinski definition) is 1. The van der Waals surface area contributed by atoms with Crippen LogP contribution in [-0.2, 0) is 23.2 Å². The minimum Gasteiger partial charge on any atom is -0.391 e. The Balaban J connectivity index is 2.25. The van der Waals surface area contributed by atoms with Crippen molar-refractivity contribution in [3.05, 3.63) is 49.6 Å². The molecule has 0 saturated heterocycles. The second-order valence-electron chi connectivity index (χ2n) is 4.40. The van der Waals surface area contributed by atoms with Crippen LogP contribution in [0.25, 0.3) is 0 Å². The fourth-order valence-electron chi connectivity index (χ4n) is 1.75. The topological polar surface area (TPSA) is 57.6 Å². The third-order valence-corrected chi connectivity index (χ3v) is 7.16. The molecule has 21 heavy (non-hydrogen) atoms. The SMILES string of the molecule is CN(Cc1ccc(Cl)cc1)S(=O)(=O)c1cc(CO)sc1Br. The molecule has 1 aromatic carbocycles. The molecule has 2 rings (SSSR count). The average molecular weight is 411 g/mol. The fourth-order valence-corrected chi connectivity index (χ4v) is 5.52. The molecule has 4 nitrogen and oxygen atoms in total. The van der Waals surface area contributed by atoms with Crippen LogP contribution in [0.4, 0.5) is 0 Å². The third kappa shape index (κ3) is 3.85. The zero-order chi connectivity index (χ0) is 15.6. The van der Waals surface area contributed by atoms with Gasteiger partial charge in [0.25, 0.3) is 0 Å². The molecule has 1 aromatic heterocycles. The Hall–Kier alpha value is -0.440. The summed E-state index contributed by atoms with van der Waals surface area (Å²) in [6.07, 6.45) is 0. The molecule has 1 N–H and O–H groups in total. The first-order valence-corrected chi connectivity index (χ1v) is 9.37. The molecule has 0 aliphatic rings. The summed E-state index contributed by atoms with van der Waals surface area (Å²) >= 11 is 10.3. The van der Waals surface area contributed by atoms with E-state index in [2.05, 4.69) is 15.9 Å². The molecule has 0 amide bonds. The van der Waals surface area contributed by atoms with E-state index in [0.717, 1.165) is 5.56 Å². The van der Waals surface area contributed by atoms with Gasteiger partial charge in [0.2, 0.25) is 10.0 Å². The van der Waals surface area contributed by atoms with Crippen molar-refractivity contribution < 1.29 is 13.5 Å². The molecule has 0 aliphatic carbocycles. The van der Waals surface area contributed by atoms with Crippen molar-refractivity contribution in [2.24, 2.45) is 0 Å². The number of aliphatic hydroxyl groups is 1. The number of aliphatic hydroxyl groups excluding tert-OH is 1. The van der Waals surface area contributed by atoms with Crippen LogP contribution in [0.1, 0.15) is 10.4 Å². The summed E-state index contributed by atoms with van der Waals surface area (Å²) in [6, 6.07) is 8.51. The lowest BCUT2D eigenvalue weighted by atomic mass is 10.2. The van der Waals surface area contributed by atoms with Gasteiger partial charge < -0.3 is 5.11 Å². The van der Waals surface area contributed by atoms with Gasteiger partial charge in [0, 0.05) is 23.5 Å². The van der Waals surface area contributed by atoms with E-state index < -0.39 is 10.0 Å². The van der Waals surface area contributed by atoms with Gasteiger partial charge in [0.05, 0.1) is 10.4 Å². The van der Waals surface area contributed by atoms with Gasteiger partial charge in [-0.25, -0.2) is 8.42 Å². The largest absolute Gasteiger partial charge is 0.391 e. The molecule has 0 saturated carbocycles. The predicted octanol–water partition coefficient (Wildman–Crippen LogP) is 3.48. The normalized spacial score (nSPS) is 12.0. The molecule has 8 heteroatoms. The Morgan fingerprint density at radius 3 is 2.48 bits per heavy atom. The van der Waals surface area contributed by atoms with Crippen molar-refractivity contribution in [3.63, 3.8) is 0 Å². The second kappa shape index (κ2) is 6.76. The molecule has 0 fully saturated rings. The van der Waals surface area contributed by atoms with Crippen LogP contribution in [0.3, 0.4) is 0 Å². The number of benzene rings is 1. The van der Waals surface area contributed by atoms with E-state index in [1.807, 2.05) is 0 Å². The average Bonchev–Trinajstić information content (AvgIpc) is 2.83. The molecular formula is C13H13BrClNO3S2. The molecule has 0 aliphatic heterocycles. The van der Waals surface area contributed by atoms with Gasteiger partial charge in [-0.05, 0) is 39.7 Å². The molecule has 2 aromatic rings. The van der Waals surface area contributed by atoms with Crippen molar-refractivity contribution in [1.82, 2.24) is 4.31 Å². The van der Waals surface area contributed by atoms with Crippen LogP contribution < -0.4 is 0 Å². The van der Waals surface area contributed by atoms with E-state index >= 15 is 0 Å². The lowest BCUT2D eigenvalue weighted by Gasteiger charge is -2.16. The van der Waals surface area contributed by atoms with E-state index in [0.29, 0.717) is 13.7 Å². The molecule has 114 valence electrons. The summed E-state index contributed by atoms with van der Waals surface area (Å²) in [6.45, 7) is 0.0654. The molecule has 0 unspecified atom stereocenters. The van der Waals surface area contributed by atoms with Gasteiger partial charge in [-0.3, -0.25) is 0 Å². The highest BCUT2D eigenvalue weighted by Gasteiger charge is 2.25. The van der Waals surface area contributed by atoms with Crippen LogP contribution in [0.2, 0.25) is 5.02 Å². The zero-order valence-electron chi connectivity index (χ0n) is 11.1. The summed E-state index contributed by atoms with van der Waals surface area (Å²) < 4.78 is 26.9. The maximum absolute atomic E-state index is 12.5. The van der Waals surface area contributed by atoms with E-state index in [9.17, 15) is 8.42 Å². The minimum atomic E-state index is -3.61. The molecule has 0 radical (unpaired) electrons. The Morgan fingerprint density at radius 1 is 1.33 bits per heavy atom. The smallest absolute Gasteiger partial charge is 0.245 e. The molecule has 0 bridgehead atoms. The lowest BCUT2D eigenvalue weighted by molar-refractivity contribution is 0.285. The van der Waals surface area contributed by atoms with Crippen LogP contribution in [-0.4, -0.2) is 24.9 Å². The van der Waals surface area contributed by atoms with E-state index in [-0.39, 0.29) is 18.0 Å². The quantitative estimate of drug-likeness (QED) is 0.821. The maximum atomic E-state index is 12.5. The first-order valence-electron chi connectivity index (χ1n) is 5.94. The van der Waals surface area contributed by atoms with Crippen molar-refractivity contribution in [2.45, 2.75) is 18.0 Å². The van der Waals surface area contributed by atoms with Crippen LogP contribution in [0.5, 0.6) is 0 Å². The number of sulfonamides is 1. The Labute approximate surface area is 141 Å². The van der Waals surface area contributed by atoms with Crippen LogP contribution >= 0.6 is 38.9 Å². The van der Waals surface area contributed by atoms with E-state index in [4.69, 9.17) is 16.7 Å². The highest BCUT2D eigenvalue weighted by atomic mass is 79.9. The predicted molar refractivity (Wildman–Crippen MR) is 88.0 cm³/mol. The molecule has 0 atom stereocenters. The van der Waals surface area contributed by atoms with Crippen molar-refractivity contribution >= 4 is 48.9 Å². The van der Waals surface area contributed by atoms with Gasteiger partial charge in [0.15, 0.2) is 0 Å². The van der Waals surface area contributed by atoms with Gasteiger partial charge >= 0.3 is 0 Å². The monoisotopic (exact) mass is 409 g/mol. The van der Waals surface area contributed by atoms with Crippen molar-refractivity contribution in [1.29, 1.82) is 0 Å². The van der Waals surface area contributed by atoms with Gasteiger partial charge in [0.1, 0.15) is 4.90 Å². The highest BCUT2D eigenvalue weighted by molar-refractivity contribution is 9.11. The minimum absolute atomic E-state index is 0.174. The van der Waals surface area contributed by atoms with Crippen molar-refractivity contribution in [3.8, 4) is 0 Å². The number of halogens is 2. The molecule has 0 spiro atoms. The lowest BCUT2D eigenvalue weighted by Crippen LogP contribution is -2.26. The molecule has 1 heterocycles. The van der Waals surface area contributed by atoms with Gasteiger partial charge in [-0.1, -0.05) is 23.7 Å². The Bertz CT molecular complexity index is 728. The van der Waals surface area contributed by atoms with Gasteiger partial charge in [-0.2, -0.15) is 4.31 Å². The standard InChI is InChI=1S/C13H13BrClNO3S2/c1-16(7-9-2-4-10(15)5-3-9)21(18,19)12-6-11(8-17)20-13(12)14/h2-6,17H,7-8H2,1H3. The van der Waals surface area contributed by atoms with E-state index in [1.54, 1.807) is 24.3 Å². The van der Waals surface area contributed by atoms with E-state index in [1.165, 1.54) is 28.8 Å². The molecular weight excluding hydrogens is 398 g/mol. The fraction of sp³-hybridized carbons (Fsp3) is 0.231. The zero-order valence-corrected chi connectivity index (χ0v) is 15.1. The first-order chi connectivity index (χ1) is 9.84. The summed E-state index contributed by atoms with van der Waals surface area (Å²) in [5.41, 5.74) is 0.846. The third-order valence-electron chi connectivity index (χ3n) is 2.87. The number of hydrogen-bond acceptors (Lipinski definition) is 4. The van der Waals surface area contributed by atoms with Crippen LogP contribution in [0, 0.1) is 0 Å². The number of thiophene rings is 1. The number of nitrogens with zero attached hydrogens (tertiary/aromatic N) is 1. The summed E-state index contributed by atoms with van der Waals surface area (Å²) in [7, 11) is -2.09. The Kier molecular flexibility index (Phi) is 5.45. The highest BCUT2D eigenvalue weighted by Crippen LogP contribution is 2.33. The summed E-state index contributed by atoms with van der Waals surface area (Å²) in [5, 5.41) is 9.72.